The fraction of sp³-hybridized carbons (Fsp3) is 0.958. The van der Waals surface area contributed by atoms with E-state index in [-0.39, 0.29) is 47.4 Å². The van der Waals surface area contributed by atoms with Crippen molar-refractivity contribution >= 4 is 6.21 Å². The third kappa shape index (κ3) is 1.98. The molecule has 7 bridgehead atoms. The van der Waals surface area contributed by atoms with Crippen LogP contribution in [0, 0.1) is 34.5 Å². The molecule has 0 saturated heterocycles. The molecule has 8 nitrogen and oxygen atoms in total. The topological polar surface area (TPSA) is 99.0 Å². The average molecular weight is 452 g/mol. The van der Waals surface area contributed by atoms with E-state index in [1.165, 1.54) is 0 Å². The number of ether oxygens (including phenoxy) is 5. The van der Waals surface area contributed by atoms with Crippen LogP contribution in [0.3, 0.4) is 0 Å². The minimum absolute atomic E-state index is 0.0666. The van der Waals surface area contributed by atoms with E-state index in [9.17, 15) is 10.2 Å². The molecule has 180 valence electrons. The van der Waals surface area contributed by atoms with Gasteiger partial charge in [-0.1, -0.05) is 0 Å². The van der Waals surface area contributed by atoms with Crippen LogP contribution in [0.25, 0.3) is 0 Å². The Morgan fingerprint density at radius 3 is 2.44 bits per heavy atom. The molecule has 1 aliphatic heterocycles. The van der Waals surface area contributed by atoms with Crippen molar-refractivity contribution in [2.45, 2.75) is 67.3 Å². The lowest BCUT2D eigenvalue weighted by Gasteiger charge is -2.65. The Hall–Kier alpha value is -0.610. The summed E-state index contributed by atoms with van der Waals surface area (Å²) in [6, 6.07) is -0.502. The summed E-state index contributed by atoms with van der Waals surface area (Å²) >= 11 is 0. The number of fused-ring (bicyclic) bond motifs is 2. The molecule has 1 heterocycles. The molecule has 32 heavy (non-hydrogen) atoms. The fourth-order valence-electron chi connectivity index (χ4n) is 10.2. The predicted molar refractivity (Wildman–Crippen MR) is 115 cm³/mol. The number of aliphatic imine (C=N–C) groups is 1. The van der Waals surface area contributed by atoms with E-state index in [1.807, 2.05) is 6.21 Å². The summed E-state index contributed by atoms with van der Waals surface area (Å²) in [5.41, 5.74) is -3.81. The molecule has 0 aromatic carbocycles. The number of hydrogen-bond acceptors (Lipinski definition) is 8. The molecule has 5 saturated carbocycles. The molecule has 8 heteroatoms. The molecule has 1 spiro atoms. The van der Waals surface area contributed by atoms with Crippen LogP contribution < -0.4 is 0 Å². The van der Waals surface area contributed by atoms with Gasteiger partial charge in [0.1, 0.15) is 11.2 Å². The van der Waals surface area contributed by atoms with E-state index in [0.29, 0.717) is 13.0 Å². The van der Waals surface area contributed by atoms with E-state index in [2.05, 4.69) is 0 Å². The maximum Gasteiger partial charge on any atom is 0.143 e. The van der Waals surface area contributed by atoms with E-state index in [0.717, 1.165) is 19.3 Å². The van der Waals surface area contributed by atoms with Crippen molar-refractivity contribution in [1.82, 2.24) is 0 Å². The summed E-state index contributed by atoms with van der Waals surface area (Å²) in [7, 11) is 8.55. The summed E-state index contributed by atoms with van der Waals surface area (Å²) in [6.07, 6.45) is 3.90. The summed E-state index contributed by atoms with van der Waals surface area (Å²) in [6.45, 7) is 0.510. The molecular formula is C24H37NO7. The lowest BCUT2D eigenvalue weighted by molar-refractivity contribution is -0.293. The van der Waals surface area contributed by atoms with Crippen molar-refractivity contribution in [2.24, 2.45) is 39.5 Å². The highest BCUT2D eigenvalue weighted by molar-refractivity contribution is 5.72. The van der Waals surface area contributed by atoms with Gasteiger partial charge in [0.2, 0.25) is 0 Å². The van der Waals surface area contributed by atoms with Crippen LogP contribution in [0.2, 0.25) is 0 Å². The maximum atomic E-state index is 12.7. The van der Waals surface area contributed by atoms with Gasteiger partial charge in [-0.3, -0.25) is 4.99 Å². The third-order valence-corrected chi connectivity index (χ3v) is 10.8. The van der Waals surface area contributed by atoms with Crippen LogP contribution in [-0.4, -0.2) is 100 Å². The van der Waals surface area contributed by atoms with Gasteiger partial charge in [0, 0.05) is 76.8 Å². The van der Waals surface area contributed by atoms with Gasteiger partial charge in [-0.05, 0) is 25.2 Å². The number of methoxy groups -OCH3 is 5. The minimum Gasteiger partial charge on any atom is -0.386 e. The second-order valence-corrected chi connectivity index (χ2v) is 11.2. The standard InChI is InChI=1S/C24H37NO7/c1-28-11-21-7-6-15(30-3)23-13-8-12-14(29-2)9-22(26,16(13)17(12)31-4)24(27,20(23)25-10-21)19(32-5)18(21)23/h10,12-20,26-27H,6-9,11H2,1-5H3/t12-,13?,14+,15+,16?,17+,18?,19+,20-,21+,22-,23+,24-/m1/s1. The van der Waals surface area contributed by atoms with Gasteiger partial charge in [0.05, 0.1) is 37.1 Å². The van der Waals surface area contributed by atoms with Crippen LogP contribution >= 0.6 is 0 Å². The van der Waals surface area contributed by atoms with Gasteiger partial charge in [-0.15, -0.1) is 0 Å². The molecule has 5 fully saturated rings. The second-order valence-electron chi connectivity index (χ2n) is 11.2. The Bertz CT molecular complexity index is 824. The van der Waals surface area contributed by atoms with Crippen LogP contribution in [-0.2, 0) is 23.7 Å². The van der Waals surface area contributed by atoms with Crippen molar-refractivity contribution in [3.05, 3.63) is 0 Å². The molecule has 6 aliphatic rings. The van der Waals surface area contributed by atoms with Crippen LogP contribution in [0.5, 0.6) is 0 Å². The average Bonchev–Trinajstić information content (AvgIpc) is 3.18. The van der Waals surface area contributed by atoms with E-state index < -0.39 is 28.8 Å². The minimum atomic E-state index is -1.57. The van der Waals surface area contributed by atoms with Gasteiger partial charge in [-0.2, -0.15) is 0 Å². The first kappa shape index (κ1) is 21.9. The van der Waals surface area contributed by atoms with Gasteiger partial charge in [-0.25, -0.2) is 0 Å². The van der Waals surface area contributed by atoms with E-state index in [4.69, 9.17) is 28.7 Å². The summed E-state index contributed by atoms with van der Waals surface area (Å²) in [4.78, 5) is 5.08. The molecule has 0 aromatic heterocycles. The lowest BCUT2D eigenvalue weighted by atomic mass is 9.44. The van der Waals surface area contributed by atoms with Crippen LogP contribution in [0.4, 0.5) is 0 Å². The molecule has 5 aliphatic carbocycles. The highest BCUT2D eigenvalue weighted by Gasteiger charge is 2.90. The first-order valence-corrected chi connectivity index (χ1v) is 11.9. The fourth-order valence-corrected chi connectivity index (χ4v) is 10.2. The summed E-state index contributed by atoms with van der Waals surface area (Å²) < 4.78 is 30.1. The first-order valence-electron chi connectivity index (χ1n) is 11.9. The van der Waals surface area contributed by atoms with Crippen molar-refractivity contribution < 1.29 is 33.9 Å². The number of aliphatic hydroxyl groups is 2. The van der Waals surface area contributed by atoms with Crippen molar-refractivity contribution in [3.63, 3.8) is 0 Å². The Morgan fingerprint density at radius 1 is 1.03 bits per heavy atom. The Balaban J connectivity index is 1.65. The van der Waals surface area contributed by atoms with Crippen LogP contribution in [0.1, 0.15) is 25.7 Å². The largest absolute Gasteiger partial charge is 0.386 e. The Kier molecular flexibility index (Phi) is 4.61. The summed E-state index contributed by atoms with van der Waals surface area (Å²) in [5, 5.41) is 25.2. The van der Waals surface area contributed by atoms with Crippen molar-refractivity contribution in [2.75, 3.05) is 42.2 Å². The monoisotopic (exact) mass is 451 g/mol. The smallest absolute Gasteiger partial charge is 0.143 e. The molecular weight excluding hydrogens is 414 g/mol. The first-order chi connectivity index (χ1) is 15.4. The van der Waals surface area contributed by atoms with Crippen molar-refractivity contribution in [1.29, 1.82) is 0 Å². The highest BCUT2D eigenvalue weighted by atomic mass is 16.5. The number of rotatable bonds is 6. The predicted octanol–water partition coefficient (Wildman–Crippen LogP) is 0.674. The number of hydrogen-bond donors (Lipinski definition) is 2. The molecule has 13 atom stereocenters. The quantitative estimate of drug-likeness (QED) is 0.613. The van der Waals surface area contributed by atoms with Gasteiger partial charge in [0.25, 0.3) is 0 Å². The molecule has 0 radical (unpaired) electrons. The Morgan fingerprint density at radius 2 is 1.81 bits per heavy atom. The maximum absolute atomic E-state index is 12.7. The van der Waals surface area contributed by atoms with Gasteiger partial charge >= 0.3 is 0 Å². The molecule has 3 unspecified atom stereocenters. The number of nitrogens with zero attached hydrogens (tertiary/aromatic N) is 1. The summed E-state index contributed by atoms with van der Waals surface area (Å²) in [5.74, 6) is -0.0448. The van der Waals surface area contributed by atoms with E-state index >= 15 is 0 Å². The van der Waals surface area contributed by atoms with Crippen molar-refractivity contribution in [3.8, 4) is 0 Å². The zero-order chi connectivity index (χ0) is 22.7. The molecule has 0 aromatic rings. The third-order valence-electron chi connectivity index (χ3n) is 10.8. The van der Waals surface area contributed by atoms with Gasteiger partial charge < -0.3 is 33.9 Å². The molecule has 0 amide bonds. The SMILES string of the molecule is COC[C@]12C=N[C@@H]3[C@@]4(C5C[C@@H]6[C@@H](OC)C[C@@](O)(C5[C@H]6OC)[C@@]3(O)[C@@H](OC)C14)[C@@H](OC)CC2. The Labute approximate surface area is 189 Å². The highest BCUT2D eigenvalue weighted by Crippen LogP contribution is 2.79. The van der Waals surface area contributed by atoms with Gasteiger partial charge in [0.15, 0.2) is 0 Å². The lowest BCUT2D eigenvalue weighted by Crippen LogP contribution is -2.77. The normalized spacial score (nSPS) is 61.3. The zero-order valence-electron chi connectivity index (χ0n) is 19.7. The second kappa shape index (κ2) is 6.74. The molecule has 6 rings (SSSR count). The zero-order valence-corrected chi connectivity index (χ0v) is 19.7. The van der Waals surface area contributed by atoms with Crippen LogP contribution in [0.15, 0.2) is 4.99 Å². The van der Waals surface area contributed by atoms with E-state index in [1.54, 1.807) is 35.5 Å². The molecule has 2 N–H and O–H groups in total.